The maximum absolute atomic E-state index is 12.9. The first-order valence-corrected chi connectivity index (χ1v) is 13.5. The van der Waals surface area contributed by atoms with Gasteiger partial charge in [0.2, 0.25) is 0 Å². The number of carbonyl (C=O) groups is 1. The highest BCUT2D eigenvalue weighted by molar-refractivity contribution is 7.86. The monoisotopic (exact) mass is 484 g/mol. The summed E-state index contributed by atoms with van der Waals surface area (Å²) in [6.45, 7) is 7.20. The molecular formula is C21H37BN4O6S. The van der Waals surface area contributed by atoms with Crippen molar-refractivity contribution in [3.63, 3.8) is 0 Å². The lowest BCUT2D eigenvalue weighted by Gasteiger charge is -2.64. The molecule has 3 saturated heterocycles. The molecule has 0 aromatic carbocycles. The van der Waals surface area contributed by atoms with Crippen LogP contribution in [-0.2, 0) is 24.3 Å². The van der Waals surface area contributed by atoms with Crippen LogP contribution in [-0.4, -0.2) is 84.7 Å². The number of carboxylic acids is 1. The molecule has 2 bridgehead atoms. The maximum Gasteiger partial charge on any atom is 0.457 e. The third kappa shape index (κ3) is 3.51. The molecule has 3 heterocycles. The highest BCUT2D eigenvalue weighted by atomic mass is 32.2. The number of rotatable bonds is 7. The number of hydrogen-bond donors (Lipinski definition) is 3. The molecule has 0 unspecified atom stereocenters. The van der Waals surface area contributed by atoms with Crippen molar-refractivity contribution in [2.75, 3.05) is 26.2 Å². The van der Waals surface area contributed by atoms with Gasteiger partial charge in [0.25, 0.3) is 10.2 Å². The van der Waals surface area contributed by atoms with E-state index < -0.39 is 27.6 Å². The van der Waals surface area contributed by atoms with Gasteiger partial charge in [-0.25, -0.2) is 0 Å². The lowest BCUT2D eigenvalue weighted by molar-refractivity contribution is -0.199. The molecule has 0 spiro atoms. The molecule has 6 atom stereocenters. The Bertz CT molecular complexity index is 930. The SMILES string of the molecule is CC1(C)[C@H]2C[C@@H]3OB(CCC[C@H]4CN(S(=O)(=O)N5CC(N)C5)C[C@@]4(N)C(=O)O)O[C@]3(C)[C@@H]1C2. The molecule has 3 aliphatic heterocycles. The summed E-state index contributed by atoms with van der Waals surface area (Å²) >= 11 is 0. The molecule has 6 aliphatic rings. The van der Waals surface area contributed by atoms with Gasteiger partial charge in [-0.3, -0.25) is 4.79 Å². The fourth-order valence-corrected chi connectivity index (χ4v) is 8.92. The molecule has 0 aromatic rings. The highest BCUT2D eigenvalue weighted by Crippen LogP contribution is 2.65. The van der Waals surface area contributed by atoms with Gasteiger partial charge in [-0.1, -0.05) is 20.3 Å². The second-order valence-corrected chi connectivity index (χ2v) is 13.7. The summed E-state index contributed by atoms with van der Waals surface area (Å²) in [5.74, 6) is -0.473. The van der Waals surface area contributed by atoms with Gasteiger partial charge in [0.15, 0.2) is 0 Å². The average molecular weight is 484 g/mol. The van der Waals surface area contributed by atoms with Crippen LogP contribution in [0.5, 0.6) is 0 Å². The fraction of sp³-hybridized carbons (Fsp3) is 0.952. The van der Waals surface area contributed by atoms with Crippen molar-refractivity contribution in [3.05, 3.63) is 0 Å². The first kappa shape index (κ1) is 24.0. The van der Waals surface area contributed by atoms with E-state index in [9.17, 15) is 18.3 Å². The van der Waals surface area contributed by atoms with Crippen LogP contribution in [0.1, 0.15) is 46.5 Å². The Morgan fingerprint density at radius 1 is 1.18 bits per heavy atom. The van der Waals surface area contributed by atoms with Crippen molar-refractivity contribution >= 4 is 23.3 Å². The first-order chi connectivity index (χ1) is 15.3. The summed E-state index contributed by atoms with van der Waals surface area (Å²) in [6, 6.07) is -0.172. The summed E-state index contributed by atoms with van der Waals surface area (Å²) in [6.07, 6.45) is 4.13. The molecule has 186 valence electrons. The zero-order chi connectivity index (χ0) is 24.0. The van der Waals surface area contributed by atoms with Crippen molar-refractivity contribution in [2.24, 2.45) is 34.6 Å². The van der Waals surface area contributed by atoms with Crippen molar-refractivity contribution in [2.45, 2.75) is 76.1 Å². The van der Waals surface area contributed by atoms with E-state index >= 15 is 0 Å². The molecule has 3 saturated carbocycles. The van der Waals surface area contributed by atoms with Crippen LogP contribution in [0, 0.1) is 23.2 Å². The zero-order valence-corrected chi connectivity index (χ0v) is 20.6. The molecule has 5 N–H and O–H groups in total. The average Bonchev–Trinajstić information content (AvgIpc) is 3.23. The topological polar surface area (TPSA) is 148 Å². The Balaban J connectivity index is 1.19. The number of nitrogens with zero attached hydrogens (tertiary/aromatic N) is 2. The molecule has 6 rings (SSSR count). The lowest BCUT2D eigenvalue weighted by atomic mass is 9.43. The standard InChI is InChI=1S/C21H37BN4O6S/c1-19(2)14-7-16(19)20(3)17(8-14)31-22(32-20)6-4-5-13-9-26(12-21(13,24)18(27)28)33(29,30)25-10-15(23)11-25/h13-17H,4-12,23-24H2,1-3H3,(H,27,28)/t13-,14+,16+,17-,20+,21-/m0/s1. The van der Waals surface area contributed by atoms with Crippen molar-refractivity contribution in [3.8, 4) is 0 Å². The second-order valence-electron chi connectivity index (χ2n) is 11.7. The van der Waals surface area contributed by atoms with Crippen LogP contribution in [0.15, 0.2) is 0 Å². The largest absolute Gasteiger partial charge is 0.480 e. The number of aliphatic carboxylic acids is 1. The van der Waals surface area contributed by atoms with E-state index in [1.807, 2.05) is 0 Å². The van der Waals surface area contributed by atoms with Crippen LogP contribution in [0.3, 0.4) is 0 Å². The van der Waals surface area contributed by atoms with E-state index in [2.05, 4.69) is 20.8 Å². The molecular weight excluding hydrogens is 447 g/mol. The Morgan fingerprint density at radius 2 is 1.88 bits per heavy atom. The maximum atomic E-state index is 12.9. The van der Waals surface area contributed by atoms with E-state index in [-0.39, 0.29) is 56.5 Å². The third-order valence-corrected chi connectivity index (χ3v) is 11.4. The summed E-state index contributed by atoms with van der Waals surface area (Å²) in [5.41, 5.74) is 10.4. The van der Waals surface area contributed by atoms with E-state index in [1.54, 1.807) is 0 Å². The van der Waals surface area contributed by atoms with Crippen LogP contribution in [0.2, 0.25) is 6.32 Å². The molecule has 12 heteroatoms. The second kappa shape index (κ2) is 7.62. The smallest absolute Gasteiger partial charge is 0.457 e. The first-order valence-electron chi connectivity index (χ1n) is 12.1. The van der Waals surface area contributed by atoms with Crippen LogP contribution in [0.4, 0.5) is 0 Å². The summed E-state index contributed by atoms with van der Waals surface area (Å²) in [5, 5.41) is 9.82. The van der Waals surface area contributed by atoms with Crippen LogP contribution < -0.4 is 11.5 Å². The predicted octanol–water partition coefficient (Wildman–Crippen LogP) is 0.0965. The molecule has 10 nitrogen and oxygen atoms in total. The lowest BCUT2D eigenvalue weighted by Crippen LogP contribution is -2.65. The van der Waals surface area contributed by atoms with Crippen molar-refractivity contribution in [1.29, 1.82) is 0 Å². The van der Waals surface area contributed by atoms with Gasteiger partial charge in [0.05, 0.1) is 11.7 Å². The quantitative estimate of drug-likeness (QED) is 0.431. The van der Waals surface area contributed by atoms with Gasteiger partial charge in [-0.2, -0.15) is 17.0 Å². The summed E-state index contributed by atoms with van der Waals surface area (Å²) in [7, 11) is -4.06. The summed E-state index contributed by atoms with van der Waals surface area (Å²) in [4.78, 5) is 12.0. The Hall–Kier alpha value is -0.755. The minimum absolute atomic E-state index is 0.0987. The molecule has 0 aromatic heterocycles. The predicted molar refractivity (Wildman–Crippen MR) is 122 cm³/mol. The molecule has 0 radical (unpaired) electrons. The summed E-state index contributed by atoms with van der Waals surface area (Å²) < 4.78 is 41.0. The Labute approximate surface area is 196 Å². The van der Waals surface area contributed by atoms with E-state index in [0.717, 1.165) is 6.42 Å². The number of hydrogen-bond acceptors (Lipinski definition) is 7. The van der Waals surface area contributed by atoms with Gasteiger partial charge in [0, 0.05) is 38.1 Å². The number of nitrogens with two attached hydrogens (primary N) is 2. The zero-order valence-electron chi connectivity index (χ0n) is 19.8. The third-order valence-electron chi connectivity index (χ3n) is 9.51. The number of carboxylic acid groups (broad SMARTS) is 1. The molecule has 33 heavy (non-hydrogen) atoms. The van der Waals surface area contributed by atoms with Gasteiger partial charge >= 0.3 is 13.1 Å². The fourth-order valence-electron chi connectivity index (χ4n) is 7.09. The van der Waals surface area contributed by atoms with Crippen LogP contribution >= 0.6 is 0 Å². The van der Waals surface area contributed by atoms with Gasteiger partial charge in [-0.05, 0) is 49.8 Å². The van der Waals surface area contributed by atoms with E-state index in [0.29, 0.717) is 31.0 Å². The highest BCUT2D eigenvalue weighted by Gasteiger charge is 2.67. The Kier molecular flexibility index (Phi) is 5.53. The normalized spacial score (nSPS) is 43.2. The minimum atomic E-state index is -3.75. The molecule has 3 aliphatic carbocycles. The van der Waals surface area contributed by atoms with Gasteiger partial charge in [-0.15, -0.1) is 0 Å². The minimum Gasteiger partial charge on any atom is -0.480 e. The van der Waals surface area contributed by atoms with Crippen molar-refractivity contribution in [1.82, 2.24) is 8.61 Å². The van der Waals surface area contributed by atoms with Gasteiger partial charge in [0.1, 0.15) is 5.54 Å². The Morgan fingerprint density at radius 3 is 2.48 bits per heavy atom. The van der Waals surface area contributed by atoms with E-state index in [1.165, 1.54) is 15.0 Å². The van der Waals surface area contributed by atoms with Gasteiger partial charge < -0.3 is 25.9 Å². The molecule has 6 fully saturated rings. The van der Waals surface area contributed by atoms with Crippen LogP contribution in [0.25, 0.3) is 0 Å². The molecule has 0 amide bonds. The van der Waals surface area contributed by atoms with E-state index in [4.69, 9.17) is 20.8 Å². The van der Waals surface area contributed by atoms with Crippen molar-refractivity contribution < 1.29 is 27.6 Å².